The van der Waals surface area contributed by atoms with Gasteiger partial charge in [-0.1, -0.05) is 38.5 Å². The molecule has 1 amide bonds. The minimum atomic E-state index is -0.408. The summed E-state index contributed by atoms with van der Waals surface area (Å²) < 4.78 is 0. The zero-order chi connectivity index (χ0) is 14.6. The number of rotatable bonds is 4. The van der Waals surface area contributed by atoms with Crippen LogP contribution in [-0.4, -0.2) is 29.4 Å². The molecule has 2 aliphatic carbocycles. The highest BCUT2D eigenvalue weighted by Gasteiger charge is 2.38. The molecule has 0 aromatic rings. The maximum atomic E-state index is 13.0. The smallest absolute Gasteiger partial charge is 0.230 e. The van der Waals surface area contributed by atoms with E-state index >= 15 is 0 Å². The van der Waals surface area contributed by atoms with Gasteiger partial charge in [0.25, 0.3) is 0 Å². The van der Waals surface area contributed by atoms with Crippen molar-refractivity contribution in [2.45, 2.75) is 90.1 Å². The van der Waals surface area contributed by atoms with Crippen LogP contribution in [-0.2, 0) is 4.79 Å². The van der Waals surface area contributed by atoms with Crippen LogP contribution >= 0.6 is 0 Å². The van der Waals surface area contributed by atoms with Gasteiger partial charge in [0.05, 0.1) is 5.41 Å². The molecule has 0 aromatic heterocycles. The van der Waals surface area contributed by atoms with Crippen molar-refractivity contribution in [1.29, 1.82) is 0 Å². The summed E-state index contributed by atoms with van der Waals surface area (Å²) in [5.41, 5.74) is 5.45. The van der Waals surface area contributed by atoms with Crippen molar-refractivity contribution >= 4 is 5.91 Å². The van der Waals surface area contributed by atoms with Gasteiger partial charge in [0.2, 0.25) is 5.91 Å². The first-order chi connectivity index (χ1) is 9.56. The van der Waals surface area contributed by atoms with Crippen molar-refractivity contribution in [3.63, 3.8) is 0 Å². The fraction of sp³-hybridized carbons (Fsp3) is 0.941. The average molecular weight is 280 g/mol. The molecule has 0 unspecified atom stereocenters. The first kappa shape index (κ1) is 15.8. The van der Waals surface area contributed by atoms with Gasteiger partial charge >= 0.3 is 0 Å². The largest absolute Gasteiger partial charge is 0.336 e. The maximum absolute atomic E-state index is 13.0. The van der Waals surface area contributed by atoms with Crippen LogP contribution in [0.3, 0.4) is 0 Å². The standard InChI is InChI=1S/C17H32N2O/c1-17(2,13-18)16(20)19(14-9-5-3-6-10-14)15-11-7-4-8-12-15/h14-15H,3-13,18H2,1-2H3. The summed E-state index contributed by atoms with van der Waals surface area (Å²) in [5.74, 6) is 0.304. The van der Waals surface area contributed by atoms with E-state index in [0.717, 1.165) is 0 Å². The van der Waals surface area contributed by atoms with E-state index in [9.17, 15) is 4.79 Å². The molecule has 3 heteroatoms. The molecule has 0 heterocycles. The normalized spacial score (nSPS) is 22.8. The van der Waals surface area contributed by atoms with Gasteiger partial charge in [0.1, 0.15) is 0 Å². The van der Waals surface area contributed by atoms with Gasteiger partial charge in [-0.2, -0.15) is 0 Å². The summed E-state index contributed by atoms with van der Waals surface area (Å²) in [6, 6.07) is 0.954. The Morgan fingerprint density at radius 1 is 0.950 bits per heavy atom. The zero-order valence-corrected chi connectivity index (χ0v) is 13.4. The van der Waals surface area contributed by atoms with Crippen LogP contribution in [0.2, 0.25) is 0 Å². The van der Waals surface area contributed by atoms with Gasteiger partial charge in [0, 0.05) is 18.6 Å². The van der Waals surface area contributed by atoms with Gasteiger partial charge in [-0.3, -0.25) is 4.79 Å². The van der Waals surface area contributed by atoms with Crippen LogP contribution in [0.1, 0.15) is 78.1 Å². The summed E-state index contributed by atoms with van der Waals surface area (Å²) in [6.07, 6.45) is 12.6. The summed E-state index contributed by atoms with van der Waals surface area (Å²) in [5, 5.41) is 0. The second-order valence-corrected chi connectivity index (χ2v) is 7.38. The fourth-order valence-corrected chi connectivity index (χ4v) is 3.79. The third kappa shape index (κ3) is 3.55. The third-order valence-electron chi connectivity index (χ3n) is 5.26. The van der Waals surface area contributed by atoms with Gasteiger partial charge in [-0.05, 0) is 39.5 Å². The number of amides is 1. The highest BCUT2D eigenvalue weighted by molar-refractivity contribution is 5.83. The molecule has 0 bridgehead atoms. The van der Waals surface area contributed by atoms with Crippen molar-refractivity contribution in [3.8, 4) is 0 Å². The molecule has 0 radical (unpaired) electrons. The van der Waals surface area contributed by atoms with E-state index in [1.807, 2.05) is 13.8 Å². The molecule has 0 atom stereocenters. The van der Waals surface area contributed by atoms with E-state index in [2.05, 4.69) is 4.90 Å². The van der Waals surface area contributed by atoms with Crippen molar-refractivity contribution in [2.75, 3.05) is 6.54 Å². The highest BCUT2D eigenvalue weighted by atomic mass is 16.2. The lowest BCUT2D eigenvalue weighted by Crippen LogP contribution is -2.54. The monoisotopic (exact) mass is 280 g/mol. The Morgan fingerprint density at radius 3 is 1.70 bits per heavy atom. The van der Waals surface area contributed by atoms with Crippen molar-refractivity contribution < 1.29 is 4.79 Å². The lowest BCUT2D eigenvalue weighted by Gasteiger charge is -2.45. The van der Waals surface area contributed by atoms with Crippen LogP contribution in [0.5, 0.6) is 0 Å². The molecule has 20 heavy (non-hydrogen) atoms. The minimum Gasteiger partial charge on any atom is -0.336 e. The highest BCUT2D eigenvalue weighted by Crippen LogP contribution is 2.33. The van der Waals surface area contributed by atoms with Crippen LogP contribution in [0.15, 0.2) is 0 Å². The summed E-state index contributed by atoms with van der Waals surface area (Å²) in [6.45, 7) is 4.46. The summed E-state index contributed by atoms with van der Waals surface area (Å²) in [4.78, 5) is 15.3. The topological polar surface area (TPSA) is 46.3 Å². The van der Waals surface area contributed by atoms with Crippen LogP contribution in [0.25, 0.3) is 0 Å². The fourth-order valence-electron chi connectivity index (χ4n) is 3.79. The van der Waals surface area contributed by atoms with E-state index in [1.54, 1.807) is 0 Å². The molecular weight excluding hydrogens is 248 g/mol. The number of carbonyl (C=O) groups excluding carboxylic acids is 1. The molecule has 2 N–H and O–H groups in total. The lowest BCUT2D eigenvalue weighted by atomic mass is 9.84. The molecular formula is C17H32N2O. The number of nitrogens with two attached hydrogens (primary N) is 1. The Hall–Kier alpha value is -0.570. The van der Waals surface area contributed by atoms with Crippen LogP contribution in [0, 0.1) is 5.41 Å². The average Bonchev–Trinajstić information content (AvgIpc) is 2.49. The molecule has 0 aromatic carbocycles. The maximum Gasteiger partial charge on any atom is 0.230 e. The Morgan fingerprint density at radius 2 is 1.35 bits per heavy atom. The molecule has 2 fully saturated rings. The molecule has 2 rings (SSSR count). The predicted molar refractivity (Wildman–Crippen MR) is 83.4 cm³/mol. The quantitative estimate of drug-likeness (QED) is 0.857. The summed E-state index contributed by atoms with van der Waals surface area (Å²) in [7, 11) is 0. The minimum absolute atomic E-state index is 0.304. The number of carbonyl (C=O) groups is 1. The Labute approximate surface area is 124 Å². The number of hydrogen-bond acceptors (Lipinski definition) is 2. The SMILES string of the molecule is CC(C)(CN)C(=O)N(C1CCCCC1)C1CCCCC1. The molecule has 116 valence electrons. The number of hydrogen-bond donors (Lipinski definition) is 1. The zero-order valence-electron chi connectivity index (χ0n) is 13.4. The molecule has 0 saturated heterocycles. The first-order valence-corrected chi connectivity index (χ1v) is 8.59. The second kappa shape index (κ2) is 6.93. The third-order valence-corrected chi connectivity index (χ3v) is 5.26. The summed E-state index contributed by atoms with van der Waals surface area (Å²) >= 11 is 0. The Bertz CT molecular complexity index is 297. The molecule has 0 aliphatic heterocycles. The van der Waals surface area contributed by atoms with Crippen molar-refractivity contribution in [1.82, 2.24) is 4.90 Å². The van der Waals surface area contributed by atoms with E-state index in [-0.39, 0.29) is 0 Å². The van der Waals surface area contributed by atoms with E-state index in [4.69, 9.17) is 5.73 Å². The Balaban J connectivity index is 2.15. The number of nitrogens with zero attached hydrogens (tertiary/aromatic N) is 1. The van der Waals surface area contributed by atoms with Crippen molar-refractivity contribution in [3.05, 3.63) is 0 Å². The second-order valence-electron chi connectivity index (χ2n) is 7.38. The van der Waals surface area contributed by atoms with E-state index in [0.29, 0.717) is 24.5 Å². The molecule has 0 spiro atoms. The molecule has 2 saturated carbocycles. The van der Waals surface area contributed by atoms with Gasteiger partial charge in [-0.25, -0.2) is 0 Å². The van der Waals surface area contributed by atoms with Crippen LogP contribution in [0.4, 0.5) is 0 Å². The van der Waals surface area contributed by atoms with Gasteiger partial charge < -0.3 is 10.6 Å². The van der Waals surface area contributed by atoms with E-state index in [1.165, 1.54) is 64.2 Å². The van der Waals surface area contributed by atoms with Gasteiger partial charge in [0.15, 0.2) is 0 Å². The Kier molecular flexibility index (Phi) is 5.48. The molecule has 3 nitrogen and oxygen atoms in total. The van der Waals surface area contributed by atoms with Crippen LogP contribution < -0.4 is 5.73 Å². The molecule has 2 aliphatic rings. The van der Waals surface area contributed by atoms with E-state index < -0.39 is 5.41 Å². The van der Waals surface area contributed by atoms with Gasteiger partial charge in [-0.15, -0.1) is 0 Å². The lowest BCUT2D eigenvalue weighted by molar-refractivity contribution is -0.147. The predicted octanol–water partition coefficient (Wildman–Crippen LogP) is 3.47. The first-order valence-electron chi connectivity index (χ1n) is 8.59. The van der Waals surface area contributed by atoms with Crippen molar-refractivity contribution in [2.24, 2.45) is 11.1 Å².